The Morgan fingerprint density at radius 3 is 2.54 bits per heavy atom. The van der Waals surface area contributed by atoms with Crippen molar-refractivity contribution in [3.05, 3.63) is 0 Å². The van der Waals surface area contributed by atoms with Crippen molar-refractivity contribution in [1.82, 2.24) is 10.2 Å². The van der Waals surface area contributed by atoms with E-state index in [1.807, 2.05) is 13.8 Å². The Labute approximate surface area is 165 Å². The van der Waals surface area contributed by atoms with Crippen LogP contribution in [0.1, 0.15) is 53.4 Å². The van der Waals surface area contributed by atoms with Gasteiger partial charge < -0.3 is 10.2 Å². The fourth-order valence-corrected chi connectivity index (χ4v) is 4.98. The zero-order valence-corrected chi connectivity index (χ0v) is 18.7. The molecule has 1 saturated heterocycles. The van der Waals surface area contributed by atoms with Crippen LogP contribution in [0.2, 0.25) is 0 Å². The Bertz CT molecular complexity index is 534. The van der Waals surface area contributed by atoms with E-state index >= 15 is 0 Å². The Kier molecular flexibility index (Phi) is 8.29. The summed E-state index contributed by atoms with van der Waals surface area (Å²) < 4.78 is 23.7. The highest BCUT2D eigenvalue weighted by Gasteiger charge is 2.41. The van der Waals surface area contributed by atoms with E-state index in [0.717, 1.165) is 25.0 Å². The minimum atomic E-state index is -3.01. The van der Waals surface area contributed by atoms with Crippen molar-refractivity contribution >= 4 is 39.8 Å². The molecule has 1 N–H and O–H groups in total. The predicted octanol–water partition coefficient (Wildman–Crippen LogP) is 2.91. The normalized spacial score (nSPS) is 29.7. The lowest BCUT2D eigenvalue weighted by Crippen LogP contribution is -2.57. The molecule has 1 aliphatic carbocycles. The molecule has 2 aliphatic rings. The first-order chi connectivity index (χ1) is 10.8. The highest BCUT2D eigenvalue weighted by molar-refractivity contribution is 14.0. The van der Waals surface area contributed by atoms with Gasteiger partial charge in [0.05, 0.1) is 10.5 Å². The molecule has 1 saturated carbocycles. The van der Waals surface area contributed by atoms with Crippen molar-refractivity contribution in [3.8, 4) is 0 Å². The van der Waals surface area contributed by atoms with E-state index in [1.165, 1.54) is 25.7 Å². The molecule has 1 aliphatic heterocycles. The lowest BCUT2D eigenvalue weighted by molar-refractivity contribution is 0.262. The van der Waals surface area contributed by atoms with Crippen LogP contribution in [0.5, 0.6) is 0 Å². The summed E-state index contributed by atoms with van der Waals surface area (Å²) in [6, 6.07) is 0. The van der Waals surface area contributed by atoms with Crippen molar-refractivity contribution in [1.29, 1.82) is 0 Å². The zero-order valence-electron chi connectivity index (χ0n) is 15.5. The Balaban J connectivity index is 0.00000288. The summed E-state index contributed by atoms with van der Waals surface area (Å²) in [4.78, 5) is 6.98. The molecule has 2 atom stereocenters. The molecule has 2 rings (SSSR count). The minimum Gasteiger partial charge on any atom is -0.357 e. The second-order valence-electron chi connectivity index (χ2n) is 7.72. The Hall–Kier alpha value is -0.0500. The fraction of sp³-hybridized carbons (Fsp3) is 0.941. The molecule has 0 aromatic heterocycles. The minimum absolute atomic E-state index is 0. The van der Waals surface area contributed by atoms with Gasteiger partial charge in [-0.25, -0.2) is 8.42 Å². The van der Waals surface area contributed by atoms with Crippen molar-refractivity contribution in [2.45, 2.75) is 58.1 Å². The first-order valence-electron chi connectivity index (χ1n) is 9.02. The van der Waals surface area contributed by atoms with Gasteiger partial charge in [-0.3, -0.25) is 4.99 Å². The predicted molar refractivity (Wildman–Crippen MR) is 112 cm³/mol. The van der Waals surface area contributed by atoms with Crippen LogP contribution in [-0.2, 0) is 9.84 Å². The highest BCUT2D eigenvalue weighted by atomic mass is 127. The lowest BCUT2D eigenvalue weighted by atomic mass is 9.80. The van der Waals surface area contributed by atoms with E-state index < -0.39 is 14.6 Å². The second-order valence-corrected chi connectivity index (χ2v) is 10.5. The third-order valence-corrected chi connectivity index (χ3v) is 7.98. The molecule has 0 aromatic carbocycles. The zero-order chi connectivity index (χ0) is 17.1. The fourth-order valence-electron chi connectivity index (χ4n) is 3.62. The quantitative estimate of drug-likeness (QED) is 0.391. The van der Waals surface area contributed by atoms with E-state index in [9.17, 15) is 8.42 Å². The number of nitrogens with zero attached hydrogens (tertiary/aromatic N) is 2. The first-order valence-corrected chi connectivity index (χ1v) is 10.7. The van der Waals surface area contributed by atoms with Crippen molar-refractivity contribution in [2.75, 3.05) is 31.9 Å². The summed E-state index contributed by atoms with van der Waals surface area (Å²) in [5.41, 5.74) is 0. The van der Waals surface area contributed by atoms with Crippen molar-refractivity contribution in [3.63, 3.8) is 0 Å². The first kappa shape index (κ1) is 22.0. The number of hydrogen-bond acceptors (Lipinski definition) is 3. The van der Waals surface area contributed by atoms with Gasteiger partial charge in [0.1, 0.15) is 0 Å². The van der Waals surface area contributed by atoms with Crippen LogP contribution in [0.25, 0.3) is 0 Å². The SMILES string of the molecule is CCNC(=NCC1CCCCC1C)N1CCS(=O)(=O)C(C)(C)C1.I. The van der Waals surface area contributed by atoms with E-state index in [1.54, 1.807) is 0 Å². The number of guanidine groups is 1. The molecule has 5 nitrogen and oxygen atoms in total. The summed E-state index contributed by atoms with van der Waals surface area (Å²) in [5.74, 6) is 2.50. The third kappa shape index (κ3) is 5.22. The molecule has 24 heavy (non-hydrogen) atoms. The Morgan fingerprint density at radius 2 is 1.96 bits per heavy atom. The van der Waals surface area contributed by atoms with Gasteiger partial charge in [-0.2, -0.15) is 0 Å². The summed E-state index contributed by atoms with van der Waals surface area (Å²) in [6.07, 6.45) is 5.24. The van der Waals surface area contributed by atoms with Crippen molar-refractivity contribution < 1.29 is 8.42 Å². The summed E-state index contributed by atoms with van der Waals surface area (Å²) in [6.45, 7) is 10.8. The van der Waals surface area contributed by atoms with Crippen LogP contribution in [0, 0.1) is 11.8 Å². The number of aliphatic imine (C=N–C) groups is 1. The van der Waals surface area contributed by atoms with Crippen LogP contribution < -0.4 is 5.32 Å². The lowest BCUT2D eigenvalue weighted by Gasteiger charge is -2.39. The molecule has 2 fully saturated rings. The Morgan fingerprint density at radius 1 is 1.29 bits per heavy atom. The maximum atomic E-state index is 12.2. The van der Waals surface area contributed by atoms with Gasteiger partial charge in [0, 0.05) is 26.2 Å². The van der Waals surface area contributed by atoms with E-state index in [-0.39, 0.29) is 29.7 Å². The van der Waals surface area contributed by atoms with Crippen LogP contribution in [0.3, 0.4) is 0 Å². The van der Waals surface area contributed by atoms with Gasteiger partial charge in [0.25, 0.3) is 0 Å². The molecule has 0 radical (unpaired) electrons. The van der Waals surface area contributed by atoms with E-state index in [0.29, 0.717) is 19.0 Å². The molecule has 0 amide bonds. The number of halogens is 1. The molecule has 1 heterocycles. The second kappa shape index (κ2) is 9.05. The maximum Gasteiger partial charge on any atom is 0.194 e. The summed E-state index contributed by atoms with van der Waals surface area (Å²) >= 11 is 0. The molecular weight excluding hydrogens is 437 g/mol. The number of hydrogen-bond donors (Lipinski definition) is 1. The molecule has 0 aromatic rings. The van der Waals surface area contributed by atoms with Crippen LogP contribution in [-0.4, -0.2) is 56.0 Å². The van der Waals surface area contributed by atoms with Crippen LogP contribution in [0.15, 0.2) is 4.99 Å². The van der Waals surface area contributed by atoms with Gasteiger partial charge in [-0.15, -0.1) is 24.0 Å². The topological polar surface area (TPSA) is 61.8 Å². The van der Waals surface area contributed by atoms with E-state index in [2.05, 4.69) is 24.1 Å². The monoisotopic (exact) mass is 471 g/mol. The van der Waals surface area contributed by atoms with Crippen molar-refractivity contribution in [2.24, 2.45) is 16.8 Å². The smallest absolute Gasteiger partial charge is 0.194 e. The molecule has 2 unspecified atom stereocenters. The van der Waals surface area contributed by atoms with Gasteiger partial charge in [0.15, 0.2) is 15.8 Å². The molecule has 0 bridgehead atoms. The number of nitrogens with one attached hydrogen (secondary N) is 1. The van der Waals surface area contributed by atoms with Crippen LogP contribution >= 0.6 is 24.0 Å². The van der Waals surface area contributed by atoms with Crippen LogP contribution in [0.4, 0.5) is 0 Å². The largest absolute Gasteiger partial charge is 0.357 e. The van der Waals surface area contributed by atoms with Gasteiger partial charge in [-0.05, 0) is 39.0 Å². The average molecular weight is 471 g/mol. The third-order valence-electron chi connectivity index (χ3n) is 5.44. The van der Waals surface area contributed by atoms with E-state index in [4.69, 9.17) is 4.99 Å². The molecule has 0 spiro atoms. The van der Waals surface area contributed by atoms with Gasteiger partial charge in [0.2, 0.25) is 0 Å². The number of rotatable bonds is 3. The maximum absolute atomic E-state index is 12.2. The van der Waals surface area contributed by atoms with Gasteiger partial charge in [-0.1, -0.05) is 26.2 Å². The summed E-state index contributed by atoms with van der Waals surface area (Å²) in [7, 11) is -3.01. The summed E-state index contributed by atoms with van der Waals surface area (Å²) in [5, 5.41) is 3.35. The van der Waals surface area contributed by atoms with Gasteiger partial charge >= 0.3 is 0 Å². The molecule has 142 valence electrons. The highest BCUT2D eigenvalue weighted by Crippen LogP contribution is 2.30. The number of sulfone groups is 1. The standard InChI is InChI=1S/C17H33N3O2S.HI/c1-5-18-16(19-12-15-9-7-6-8-14(15)2)20-10-11-23(21,22)17(3,4)13-20;/h14-15H,5-13H2,1-4H3,(H,18,19);1H. The molecular formula is C17H34IN3O2S. The molecule has 7 heteroatoms. The average Bonchev–Trinajstić information content (AvgIpc) is 2.48.